The maximum atomic E-state index is 6.02. The van der Waals surface area contributed by atoms with E-state index in [1.807, 2.05) is 18.2 Å². The van der Waals surface area contributed by atoms with Crippen molar-refractivity contribution in [3.63, 3.8) is 0 Å². The molecule has 0 saturated heterocycles. The van der Waals surface area contributed by atoms with Crippen molar-refractivity contribution in [2.45, 2.75) is 19.4 Å². The number of unbranched alkanes of at least 4 members (excludes halogenated alkanes) is 1. The van der Waals surface area contributed by atoms with Crippen LogP contribution >= 0.6 is 11.6 Å². The van der Waals surface area contributed by atoms with Crippen molar-refractivity contribution in [2.75, 3.05) is 20.2 Å². The lowest BCUT2D eigenvalue weighted by molar-refractivity contribution is 0.415. The Morgan fingerprint density at radius 2 is 2.19 bits per heavy atom. The van der Waals surface area contributed by atoms with Crippen LogP contribution < -0.4 is 15.8 Å². The second-order valence-electron chi connectivity index (χ2n) is 3.64. The average Bonchev–Trinajstić information content (AvgIpc) is 2.29. The minimum absolute atomic E-state index is 0.656. The van der Waals surface area contributed by atoms with Gasteiger partial charge in [-0.3, -0.25) is 0 Å². The Morgan fingerprint density at radius 3 is 2.81 bits per heavy atom. The lowest BCUT2D eigenvalue weighted by Crippen LogP contribution is -2.15. The monoisotopic (exact) mass is 242 g/mol. The second kappa shape index (κ2) is 7.49. The molecule has 0 saturated carbocycles. The largest absolute Gasteiger partial charge is 0.495 e. The van der Waals surface area contributed by atoms with Crippen molar-refractivity contribution in [1.82, 2.24) is 5.32 Å². The zero-order chi connectivity index (χ0) is 11.8. The highest BCUT2D eigenvalue weighted by Gasteiger charge is 2.01. The van der Waals surface area contributed by atoms with E-state index in [1.165, 1.54) is 5.56 Å². The topological polar surface area (TPSA) is 47.3 Å². The summed E-state index contributed by atoms with van der Waals surface area (Å²) in [4.78, 5) is 0. The van der Waals surface area contributed by atoms with Crippen LogP contribution in [0.5, 0.6) is 5.75 Å². The van der Waals surface area contributed by atoms with Gasteiger partial charge in [0.15, 0.2) is 0 Å². The summed E-state index contributed by atoms with van der Waals surface area (Å²) in [5.41, 5.74) is 6.58. The Kier molecular flexibility index (Phi) is 6.23. The molecule has 0 aliphatic heterocycles. The van der Waals surface area contributed by atoms with Gasteiger partial charge < -0.3 is 15.8 Å². The predicted octanol–water partition coefficient (Wildman–Crippen LogP) is 2.18. The zero-order valence-corrected chi connectivity index (χ0v) is 10.4. The molecule has 16 heavy (non-hydrogen) atoms. The summed E-state index contributed by atoms with van der Waals surface area (Å²) in [6.45, 7) is 2.57. The summed E-state index contributed by atoms with van der Waals surface area (Å²) in [6, 6.07) is 5.83. The molecular weight excluding hydrogens is 224 g/mol. The van der Waals surface area contributed by atoms with Crippen molar-refractivity contribution in [3.8, 4) is 5.75 Å². The molecule has 0 aliphatic rings. The quantitative estimate of drug-likeness (QED) is 0.721. The van der Waals surface area contributed by atoms with Gasteiger partial charge in [-0.15, -0.1) is 0 Å². The van der Waals surface area contributed by atoms with E-state index >= 15 is 0 Å². The van der Waals surface area contributed by atoms with Gasteiger partial charge in [-0.1, -0.05) is 17.7 Å². The van der Waals surface area contributed by atoms with Gasteiger partial charge in [0.25, 0.3) is 0 Å². The molecule has 1 aromatic carbocycles. The Morgan fingerprint density at radius 1 is 1.38 bits per heavy atom. The molecule has 1 aromatic rings. The normalized spacial score (nSPS) is 10.4. The summed E-state index contributed by atoms with van der Waals surface area (Å²) < 4.78 is 5.09. The van der Waals surface area contributed by atoms with Crippen LogP contribution in [0.15, 0.2) is 18.2 Å². The standard InChI is InChI=1S/C12H19ClN2O/c1-16-12-5-4-10(8-11(12)13)9-15-7-3-2-6-14/h4-5,8,15H,2-3,6-7,9,14H2,1H3. The Hall–Kier alpha value is -0.770. The molecule has 0 atom stereocenters. The highest BCUT2D eigenvalue weighted by molar-refractivity contribution is 6.32. The molecular formula is C12H19ClN2O. The lowest BCUT2D eigenvalue weighted by Gasteiger charge is -2.07. The highest BCUT2D eigenvalue weighted by Crippen LogP contribution is 2.24. The van der Waals surface area contributed by atoms with Crippen LogP contribution in [-0.2, 0) is 6.54 Å². The van der Waals surface area contributed by atoms with E-state index in [9.17, 15) is 0 Å². The first-order valence-electron chi connectivity index (χ1n) is 5.51. The van der Waals surface area contributed by atoms with Crippen LogP contribution in [0, 0.1) is 0 Å². The minimum atomic E-state index is 0.656. The number of hydrogen-bond donors (Lipinski definition) is 2. The Balaban J connectivity index is 2.34. The van der Waals surface area contributed by atoms with Crippen LogP contribution in [0.1, 0.15) is 18.4 Å². The van der Waals surface area contributed by atoms with Gasteiger partial charge in [0.1, 0.15) is 5.75 Å². The molecule has 0 bridgehead atoms. The van der Waals surface area contributed by atoms with Crippen molar-refractivity contribution >= 4 is 11.6 Å². The smallest absolute Gasteiger partial charge is 0.137 e. The number of rotatable bonds is 7. The third kappa shape index (κ3) is 4.39. The fourth-order valence-electron chi connectivity index (χ4n) is 1.45. The highest BCUT2D eigenvalue weighted by atomic mass is 35.5. The fraction of sp³-hybridized carbons (Fsp3) is 0.500. The van der Waals surface area contributed by atoms with Gasteiger partial charge in [0.05, 0.1) is 12.1 Å². The summed E-state index contributed by atoms with van der Waals surface area (Å²) >= 11 is 6.02. The number of methoxy groups -OCH3 is 1. The average molecular weight is 243 g/mol. The van der Waals surface area contributed by atoms with Gasteiger partial charge >= 0.3 is 0 Å². The Labute approximate surface area is 102 Å². The van der Waals surface area contributed by atoms with Crippen molar-refractivity contribution in [2.24, 2.45) is 5.73 Å². The molecule has 3 nitrogen and oxygen atoms in total. The predicted molar refractivity (Wildman–Crippen MR) is 68.0 cm³/mol. The van der Waals surface area contributed by atoms with Crippen LogP contribution in [0.3, 0.4) is 0 Å². The summed E-state index contributed by atoms with van der Waals surface area (Å²) in [5.74, 6) is 0.716. The first-order chi connectivity index (χ1) is 7.77. The van der Waals surface area contributed by atoms with Crippen LogP contribution in [0.25, 0.3) is 0 Å². The molecule has 0 aliphatic carbocycles. The number of nitrogens with one attached hydrogen (secondary N) is 1. The van der Waals surface area contributed by atoms with Crippen molar-refractivity contribution < 1.29 is 4.74 Å². The van der Waals surface area contributed by atoms with Gasteiger partial charge in [-0.2, -0.15) is 0 Å². The molecule has 1 rings (SSSR count). The summed E-state index contributed by atoms with van der Waals surface area (Å²) in [5, 5.41) is 4.00. The van der Waals surface area contributed by atoms with E-state index in [-0.39, 0.29) is 0 Å². The Bertz CT molecular complexity index is 318. The third-order valence-corrected chi connectivity index (χ3v) is 2.65. The summed E-state index contributed by atoms with van der Waals surface area (Å²) in [7, 11) is 1.62. The van der Waals surface area contributed by atoms with Crippen LogP contribution in [0.4, 0.5) is 0 Å². The number of ether oxygens (including phenoxy) is 1. The molecule has 90 valence electrons. The van der Waals surface area contributed by atoms with Crippen molar-refractivity contribution in [1.29, 1.82) is 0 Å². The van der Waals surface area contributed by atoms with E-state index in [0.717, 1.165) is 32.5 Å². The number of halogens is 1. The van der Waals surface area contributed by atoms with Crippen molar-refractivity contribution in [3.05, 3.63) is 28.8 Å². The molecule has 0 fully saturated rings. The molecule has 0 radical (unpaired) electrons. The van der Waals surface area contributed by atoms with Crippen LogP contribution in [0.2, 0.25) is 5.02 Å². The maximum absolute atomic E-state index is 6.02. The van der Waals surface area contributed by atoms with Crippen LogP contribution in [-0.4, -0.2) is 20.2 Å². The number of benzene rings is 1. The van der Waals surface area contributed by atoms with E-state index in [1.54, 1.807) is 7.11 Å². The number of nitrogens with two attached hydrogens (primary N) is 1. The van der Waals surface area contributed by atoms with Gasteiger partial charge in [-0.05, 0) is 43.6 Å². The molecule has 0 spiro atoms. The van der Waals surface area contributed by atoms with Gasteiger partial charge in [-0.25, -0.2) is 0 Å². The van der Waals surface area contributed by atoms with E-state index in [0.29, 0.717) is 10.8 Å². The SMILES string of the molecule is COc1ccc(CNCCCCN)cc1Cl. The second-order valence-corrected chi connectivity index (χ2v) is 4.05. The molecule has 0 amide bonds. The molecule has 0 unspecified atom stereocenters. The number of hydrogen-bond acceptors (Lipinski definition) is 3. The minimum Gasteiger partial charge on any atom is -0.495 e. The molecule has 0 aromatic heterocycles. The maximum Gasteiger partial charge on any atom is 0.137 e. The van der Waals surface area contributed by atoms with Gasteiger partial charge in [0.2, 0.25) is 0 Å². The van der Waals surface area contributed by atoms with E-state index in [4.69, 9.17) is 22.1 Å². The molecule has 0 heterocycles. The van der Waals surface area contributed by atoms with Gasteiger partial charge in [0, 0.05) is 6.54 Å². The first-order valence-corrected chi connectivity index (χ1v) is 5.89. The van der Waals surface area contributed by atoms with E-state index in [2.05, 4.69) is 5.32 Å². The fourth-order valence-corrected chi connectivity index (χ4v) is 1.73. The van der Waals surface area contributed by atoms with E-state index < -0.39 is 0 Å². The third-order valence-electron chi connectivity index (χ3n) is 2.35. The zero-order valence-electron chi connectivity index (χ0n) is 9.63. The summed E-state index contributed by atoms with van der Waals surface area (Å²) in [6.07, 6.45) is 2.18. The molecule has 3 N–H and O–H groups in total. The first kappa shape index (κ1) is 13.3. The molecule has 4 heteroatoms. The lowest BCUT2D eigenvalue weighted by atomic mass is 10.2.